The Labute approximate surface area is 163 Å². The van der Waals surface area contributed by atoms with E-state index in [0.29, 0.717) is 19.0 Å². The van der Waals surface area contributed by atoms with E-state index < -0.39 is 10.0 Å². The predicted octanol–water partition coefficient (Wildman–Crippen LogP) is 1.08. The van der Waals surface area contributed by atoms with Gasteiger partial charge in [-0.3, -0.25) is 0 Å². The van der Waals surface area contributed by atoms with Crippen LogP contribution in [0.2, 0.25) is 0 Å². The number of guanidine groups is 1. The number of aliphatic imine (C=N–C) groups is 1. The van der Waals surface area contributed by atoms with Crippen LogP contribution in [-0.2, 0) is 16.6 Å². The molecule has 1 aromatic carbocycles. The van der Waals surface area contributed by atoms with Gasteiger partial charge in [-0.1, -0.05) is 19.1 Å². The van der Waals surface area contributed by atoms with Gasteiger partial charge < -0.3 is 15.5 Å². The minimum Gasteiger partial charge on any atom is -0.370 e. The number of hydrogen-bond acceptors (Lipinski definition) is 6. The van der Waals surface area contributed by atoms with Crippen LogP contribution < -0.4 is 15.4 Å². The highest BCUT2D eigenvalue weighted by molar-refractivity contribution is 7.89. The molecule has 10 heteroatoms. The summed E-state index contributed by atoms with van der Waals surface area (Å²) >= 11 is 1.64. The van der Waals surface area contributed by atoms with E-state index in [1.807, 2.05) is 11.6 Å². The van der Waals surface area contributed by atoms with Crippen LogP contribution >= 0.6 is 11.3 Å². The first-order valence-corrected chi connectivity index (χ1v) is 11.1. The summed E-state index contributed by atoms with van der Waals surface area (Å²) in [5.41, 5.74) is 7.05. The van der Waals surface area contributed by atoms with Gasteiger partial charge in [-0.05, 0) is 17.7 Å². The SMILES string of the molecule is CCNS(=O)(=O)c1ccc(CN=C(N)N2CCN(c3nccs3)CC2)cc1. The van der Waals surface area contributed by atoms with Crippen molar-refractivity contribution in [2.45, 2.75) is 18.4 Å². The van der Waals surface area contributed by atoms with Crippen LogP contribution in [0, 0.1) is 0 Å². The number of aromatic nitrogens is 1. The lowest BCUT2D eigenvalue weighted by Crippen LogP contribution is -2.51. The highest BCUT2D eigenvalue weighted by Gasteiger charge is 2.19. The van der Waals surface area contributed by atoms with Crippen LogP contribution in [-0.4, -0.2) is 57.0 Å². The molecule has 1 aliphatic rings. The van der Waals surface area contributed by atoms with Gasteiger partial charge in [0.15, 0.2) is 11.1 Å². The van der Waals surface area contributed by atoms with Gasteiger partial charge in [0.1, 0.15) is 0 Å². The van der Waals surface area contributed by atoms with Gasteiger partial charge in [-0.2, -0.15) is 0 Å². The van der Waals surface area contributed by atoms with Crippen LogP contribution in [0.15, 0.2) is 45.7 Å². The summed E-state index contributed by atoms with van der Waals surface area (Å²) in [5.74, 6) is 0.512. The Morgan fingerprint density at radius 2 is 1.96 bits per heavy atom. The Morgan fingerprint density at radius 3 is 2.56 bits per heavy atom. The van der Waals surface area contributed by atoms with Crippen LogP contribution in [0.5, 0.6) is 0 Å². The zero-order valence-electron chi connectivity index (χ0n) is 15.2. The fourth-order valence-corrected chi connectivity index (χ4v) is 4.56. The number of nitrogens with two attached hydrogens (primary N) is 1. The van der Waals surface area contributed by atoms with E-state index in [2.05, 4.69) is 24.5 Å². The number of anilines is 1. The Hall–Kier alpha value is -2.17. The lowest BCUT2D eigenvalue weighted by molar-refractivity contribution is 0.380. The topological polar surface area (TPSA) is 104 Å². The highest BCUT2D eigenvalue weighted by atomic mass is 32.2. The third kappa shape index (κ3) is 4.96. The van der Waals surface area contributed by atoms with Crippen LogP contribution in [0.4, 0.5) is 5.13 Å². The van der Waals surface area contributed by atoms with Crippen molar-refractivity contribution < 1.29 is 8.42 Å². The van der Waals surface area contributed by atoms with Gasteiger partial charge in [0.05, 0.1) is 11.4 Å². The Kier molecular flexibility index (Phi) is 6.30. The maximum atomic E-state index is 12.0. The van der Waals surface area contributed by atoms with Crippen molar-refractivity contribution in [1.82, 2.24) is 14.6 Å². The van der Waals surface area contributed by atoms with E-state index in [-0.39, 0.29) is 4.90 Å². The molecule has 1 saturated heterocycles. The van der Waals surface area contributed by atoms with Crippen molar-refractivity contribution in [2.75, 3.05) is 37.6 Å². The van der Waals surface area contributed by atoms with Gasteiger partial charge in [-0.25, -0.2) is 23.1 Å². The number of sulfonamides is 1. The molecule has 27 heavy (non-hydrogen) atoms. The average Bonchev–Trinajstić information content (AvgIpc) is 3.21. The second kappa shape index (κ2) is 8.68. The van der Waals surface area contributed by atoms with Gasteiger partial charge in [0.25, 0.3) is 0 Å². The molecule has 3 N–H and O–H groups in total. The first kappa shape index (κ1) is 19.6. The molecule has 0 unspecified atom stereocenters. The molecule has 146 valence electrons. The highest BCUT2D eigenvalue weighted by Crippen LogP contribution is 2.19. The standard InChI is InChI=1S/C17H24N6O2S2/c1-2-21-27(24,25)15-5-3-14(4-6-15)13-20-16(18)22-8-10-23(11-9-22)17-19-7-12-26-17/h3-7,12,21H,2,8-11,13H2,1H3,(H2,18,20). The second-order valence-electron chi connectivity index (χ2n) is 6.11. The Bertz CT molecular complexity index is 857. The molecule has 8 nitrogen and oxygen atoms in total. The lowest BCUT2D eigenvalue weighted by atomic mass is 10.2. The van der Waals surface area contributed by atoms with E-state index in [1.165, 1.54) is 0 Å². The van der Waals surface area contributed by atoms with E-state index in [0.717, 1.165) is 36.9 Å². The van der Waals surface area contributed by atoms with Crippen molar-refractivity contribution in [3.8, 4) is 0 Å². The van der Waals surface area contributed by atoms with E-state index in [4.69, 9.17) is 5.73 Å². The zero-order chi connectivity index (χ0) is 19.3. The Morgan fingerprint density at radius 1 is 1.26 bits per heavy atom. The molecule has 1 aromatic heterocycles. The molecular formula is C17H24N6O2S2. The molecule has 0 aliphatic carbocycles. The van der Waals surface area contributed by atoms with Gasteiger partial charge >= 0.3 is 0 Å². The number of nitrogens with zero attached hydrogens (tertiary/aromatic N) is 4. The number of rotatable bonds is 6. The summed E-state index contributed by atoms with van der Waals surface area (Å²) in [6, 6.07) is 6.71. The molecule has 0 saturated carbocycles. The maximum absolute atomic E-state index is 12.0. The summed E-state index contributed by atoms with van der Waals surface area (Å²) in [5, 5.41) is 3.02. The normalized spacial score (nSPS) is 16.0. The number of piperazine rings is 1. The van der Waals surface area contributed by atoms with Gasteiger partial charge in [0, 0.05) is 44.3 Å². The number of nitrogens with one attached hydrogen (secondary N) is 1. The van der Waals surface area contributed by atoms with Crippen LogP contribution in [0.1, 0.15) is 12.5 Å². The molecular weight excluding hydrogens is 384 g/mol. The number of thiazole rings is 1. The zero-order valence-corrected chi connectivity index (χ0v) is 16.8. The lowest BCUT2D eigenvalue weighted by Gasteiger charge is -2.35. The van der Waals surface area contributed by atoms with Crippen molar-refractivity contribution in [2.24, 2.45) is 10.7 Å². The van der Waals surface area contributed by atoms with Crippen molar-refractivity contribution in [3.63, 3.8) is 0 Å². The summed E-state index contributed by atoms with van der Waals surface area (Å²) < 4.78 is 26.4. The van der Waals surface area contributed by atoms with Crippen LogP contribution in [0.3, 0.4) is 0 Å². The molecule has 2 heterocycles. The molecule has 1 aliphatic heterocycles. The summed E-state index contributed by atoms with van der Waals surface area (Å²) in [6.07, 6.45) is 1.82. The monoisotopic (exact) mass is 408 g/mol. The van der Waals surface area contributed by atoms with E-state index >= 15 is 0 Å². The van der Waals surface area contributed by atoms with Gasteiger partial charge in [-0.15, -0.1) is 11.3 Å². The average molecular weight is 409 g/mol. The molecule has 1 fully saturated rings. The fourth-order valence-electron chi connectivity index (χ4n) is 2.82. The molecule has 0 spiro atoms. The Balaban J connectivity index is 1.55. The third-order valence-corrected chi connectivity index (χ3v) is 6.68. The number of benzene rings is 1. The largest absolute Gasteiger partial charge is 0.370 e. The maximum Gasteiger partial charge on any atom is 0.240 e. The minimum absolute atomic E-state index is 0.253. The first-order valence-electron chi connectivity index (χ1n) is 8.77. The van der Waals surface area contributed by atoms with Crippen molar-refractivity contribution in [3.05, 3.63) is 41.4 Å². The fraction of sp³-hybridized carbons (Fsp3) is 0.412. The summed E-state index contributed by atoms with van der Waals surface area (Å²) in [4.78, 5) is 13.4. The summed E-state index contributed by atoms with van der Waals surface area (Å²) in [7, 11) is -3.43. The quantitative estimate of drug-likeness (QED) is 0.548. The third-order valence-electron chi connectivity index (χ3n) is 4.29. The van der Waals surface area contributed by atoms with Crippen LogP contribution in [0.25, 0.3) is 0 Å². The second-order valence-corrected chi connectivity index (χ2v) is 8.75. The molecule has 3 rings (SSSR count). The molecule has 0 radical (unpaired) electrons. The summed E-state index contributed by atoms with van der Waals surface area (Å²) in [6.45, 7) is 5.85. The van der Waals surface area contributed by atoms with Crippen molar-refractivity contribution in [1.29, 1.82) is 0 Å². The molecule has 0 amide bonds. The van der Waals surface area contributed by atoms with E-state index in [9.17, 15) is 8.42 Å². The predicted molar refractivity (Wildman–Crippen MR) is 109 cm³/mol. The van der Waals surface area contributed by atoms with Crippen molar-refractivity contribution >= 4 is 32.5 Å². The molecule has 0 atom stereocenters. The minimum atomic E-state index is -3.43. The molecule has 2 aromatic rings. The first-order chi connectivity index (χ1) is 13.0. The van der Waals surface area contributed by atoms with Gasteiger partial charge in [0.2, 0.25) is 10.0 Å². The number of hydrogen-bond donors (Lipinski definition) is 2. The molecule has 0 bridgehead atoms. The smallest absolute Gasteiger partial charge is 0.240 e. The van der Waals surface area contributed by atoms with E-state index in [1.54, 1.807) is 42.5 Å².